The summed E-state index contributed by atoms with van der Waals surface area (Å²) in [6.07, 6.45) is 1.58. The van der Waals surface area contributed by atoms with Crippen molar-refractivity contribution in [3.05, 3.63) is 72.0 Å². The van der Waals surface area contributed by atoms with Crippen molar-refractivity contribution in [3.63, 3.8) is 0 Å². The van der Waals surface area contributed by atoms with E-state index in [2.05, 4.69) is 33.5 Å². The van der Waals surface area contributed by atoms with Crippen LogP contribution in [0.4, 0.5) is 11.5 Å². The molecule has 0 aliphatic rings. The van der Waals surface area contributed by atoms with E-state index in [-0.39, 0.29) is 0 Å². The third-order valence-electron chi connectivity index (χ3n) is 3.48. The quantitative estimate of drug-likeness (QED) is 0.516. The van der Waals surface area contributed by atoms with E-state index in [9.17, 15) is 0 Å². The minimum Gasteiger partial charge on any atom is -0.340 e. The molecule has 0 bridgehead atoms. The van der Waals surface area contributed by atoms with Crippen molar-refractivity contribution in [1.29, 1.82) is 0 Å². The molecule has 4 aromatic rings. The first kappa shape index (κ1) is 14.2. The molecule has 4 rings (SSSR count). The molecule has 0 atom stereocenters. The van der Waals surface area contributed by atoms with Crippen LogP contribution in [0.3, 0.4) is 0 Å². The predicted molar refractivity (Wildman–Crippen MR) is 97.6 cm³/mol. The van der Waals surface area contributed by atoms with Gasteiger partial charge in [0, 0.05) is 15.6 Å². The Balaban J connectivity index is 1.77. The number of hydrogen-bond donors (Lipinski definition) is 1. The Morgan fingerprint density at radius 3 is 2.61 bits per heavy atom. The van der Waals surface area contributed by atoms with E-state index in [0.717, 1.165) is 21.7 Å². The second-order valence-electron chi connectivity index (χ2n) is 5.05. The Hall–Kier alpha value is -2.43. The number of aromatic nitrogens is 2. The maximum Gasteiger partial charge on any atom is 0.142 e. The molecular weight excluding hydrogens is 326 g/mol. The summed E-state index contributed by atoms with van der Waals surface area (Å²) >= 11 is 7.70. The Bertz CT molecular complexity index is 966. The van der Waals surface area contributed by atoms with Gasteiger partial charge < -0.3 is 5.32 Å². The first-order valence-corrected chi connectivity index (χ1v) is 8.31. The van der Waals surface area contributed by atoms with E-state index in [1.807, 2.05) is 42.5 Å². The van der Waals surface area contributed by atoms with Crippen LogP contribution in [0.25, 0.3) is 20.7 Å². The fourth-order valence-electron chi connectivity index (χ4n) is 2.40. The first-order chi connectivity index (χ1) is 11.3. The summed E-state index contributed by atoms with van der Waals surface area (Å²) in [5.74, 6) is 0.788. The number of nitrogens with one attached hydrogen (secondary N) is 1. The zero-order chi connectivity index (χ0) is 15.6. The van der Waals surface area contributed by atoms with Gasteiger partial charge in [-0.1, -0.05) is 48.0 Å². The molecule has 112 valence electrons. The highest BCUT2D eigenvalue weighted by Gasteiger charge is 2.10. The average molecular weight is 338 g/mol. The number of rotatable bonds is 3. The van der Waals surface area contributed by atoms with Crippen LogP contribution in [0, 0.1) is 0 Å². The summed E-state index contributed by atoms with van der Waals surface area (Å²) < 4.78 is 0. The molecule has 2 aromatic heterocycles. The second-order valence-corrected chi connectivity index (χ2v) is 6.52. The molecule has 0 radical (unpaired) electrons. The standard InChI is InChI=1S/C18H12ClN3S/c19-13-7-4-8-14(9-13)22-17-15-10-16(12-5-2-1-3-6-12)23-18(15)21-11-20-17/h1-11H,(H,20,21,22). The minimum absolute atomic E-state index is 0.690. The van der Waals surface area contributed by atoms with E-state index in [0.29, 0.717) is 5.02 Å². The van der Waals surface area contributed by atoms with Gasteiger partial charge in [0.25, 0.3) is 0 Å². The van der Waals surface area contributed by atoms with Crippen molar-refractivity contribution in [2.45, 2.75) is 0 Å². The number of benzene rings is 2. The molecule has 0 unspecified atom stereocenters. The van der Waals surface area contributed by atoms with Crippen LogP contribution in [0.2, 0.25) is 5.02 Å². The molecule has 0 amide bonds. The van der Waals surface area contributed by atoms with Gasteiger partial charge in [-0.15, -0.1) is 11.3 Å². The molecule has 3 nitrogen and oxygen atoms in total. The zero-order valence-electron chi connectivity index (χ0n) is 12.0. The molecule has 0 aliphatic carbocycles. The lowest BCUT2D eigenvalue weighted by molar-refractivity contribution is 1.23. The van der Waals surface area contributed by atoms with Gasteiger partial charge in [-0.05, 0) is 29.8 Å². The first-order valence-electron chi connectivity index (χ1n) is 7.12. The Morgan fingerprint density at radius 2 is 1.78 bits per heavy atom. The van der Waals surface area contributed by atoms with Crippen molar-refractivity contribution >= 4 is 44.7 Å². The fourth-order valence-corrected chi connectivity index (χ4v) is 3.60. The van der Waals surface area contributed by atoms with E-state index in [4.69, 9.17) is 11.6 Å². The topological polar surface area (TPSA) is 37.8 Å². The molecule has 0 spiro atoms. The smallest absolute Gasteiger partial charge is 0.142 e. The number of anilines is 2. The van der Waals surface area contributed by atoms with Gasteiger partial charge in [0.2, 0.25) is 0 Å². The molecule has 5 heteroatoms. The molecule has 1 N–H and O–H groups in total. The molecule has 23 heavy (non-hydrogen) atoms. The van der Waals surface area contributed by atoms with Crippen LogP contribution in [-0.2, 0) is 0 Å². The van der Waals surface area contributed by atoms with Gasteiger partial charge in [-0.25, -0.2) is 9.97 Å². The van der Waals surface area contributed by atoms with Gasteiger partial charge in [0.1, 0.15) is 17.0 Å². The van der Waals surface area contributed by atoms with Crippen molar-refractivity contribution in [1.82, 2.24) is 9.97 Å². The lowest BCUT2D eigenvalue weighted by Crippen LogP contribution is -1.94. The average Bonchev–Trinajstić information content (AvgIpc) is 3.01. The van der Waals surface area contributed by atoms with Crippen molar-refractivity contribution in [3.8, 4) is 10.4 Å². The molecule has 2 heterocycles. The SMILES string of the molecule is Clc1cccc(Nc2ncnc3sc(-c4ccccc4)cc23)c1. The van der Waals surface area contributed by atoms with Crippen molar-refractivity contribution in [2.24, 2.45) is 0 Å². The summed E-state index contributed by atoms with van der Waals surface area (Å²) in [5, 5.41) is 5.02. The van der Waals surface area contributed by atoms with E-state index in [1.54, 1.807) is 17.7 Å². The predicted octanol–water partition coefficient (Wildman–Crippen LogP) is 5.76. The number of hydrogen-bond acceptors (Lipinski definition) is 4. The highest BCUT2D eigenvalue weighted by Crippen LogP contribution is 2.35. The summed E-state index contributed by atoms with van der Waals surface area (Å²) in [7, 11) is 0. The van der Waals surface area contributed by atoms with Crippen LogP contribution in [0.5, 0.6) is 0 Å². The van der Waals surface area contributed by atoms with Crippen LogP contribution >= 0.6 is 22.9 Å². The second kappa shape index (κ2) is 5.99. The van der Waals surface area contributed by atoms with Gasteiger partial charge in [-0.3, -0.25) is 0 Å². The maximum atomic E-state index is 6.04. The minimum atomic E-state index is 0.690. The van der Waals surface area contributed by atoms with Crippen LogP contribution in [0.1, 0.15) is 0 Å². The van der Waals surface area contributed by atoms with E-state index < -0.39 is 0 Å². The lowest BCUT2D eigenvalue weighted by atomic mass is 10.2. The van der Waals surface area contributed by atoms with Crippen molar-refractivity contribution < 1.29 is 0 Å². The highest BCUT2D eigenvalue weighted by molar-refractivity contribution is 7.21. The summed E-state index contributed by atoms with van der Waals surface area (Å²) in [5.41, 5.74) is 2.09. The van der Waals surface area contributed by atoms with E-state index in [1.165, 1.54) is 10.4 Å². The number of nitrogens with zero attached hydrogens (tertiary/aromatic N) is 2. The van der Waals surface area contributed by atoms with Crippen LogP contribution in [-0.4, -0.2) is 9.97 Å². The third-order valence-corrected chi connectivity index (χ3v) is 4.80. The lowest BCUT2D eigenvalue weighted by Gasteiger charge is -2.06. The third kappa shape index (κ3) is 2.91. The summed E-state index contributed by atoms with van der Waals surface area (Å²) in [6, 6.07) is 20.0. The van der Waals surface area contributed by atoms with Gasteiger partial charge in [0.15, 0.2) is 0 Å². The fraction of sp³-hybridized carbons (Fsp3) is 0. The van der Waals surface area contributed by atoms with Crippen LogP contribution in [0.15, 0.2) is 67.0 Å². The molecule has 0 saturated heterocycles. The summed E-state index contributed by atoms with van der Waals surface area (Å²) in [4.78, 5) is 10.9. The van der Waals surface area contributed by atoms with Gasteiger partial charge in [0.05, 0.1) is 5.39 Å². The summed E-state index contributed by atoms with van der Waals surface area (Å²) in [6.45, 7) is 0. The zero-order valence-corrected chi connectivity index (χ0v) is 13.6. The van der Waals surface area contributed by atoms with Crippen LogP contribution < -0.4 is 5.32 Å². The Kier molecular flexibility index (Phi) is 3.69. The van der Waals surface area contributed by atoms with E-state index >= 15 is 0 Å². The molecular formula is C18H12ClN3S. The Labute approximate surface area is 142 Å². The number of thiophene rings is 1. The highest BCUT2D eigenvalue weighted by atomic mass is 35.5. The van der Waals surface area contributed by atoms with Crippen molar-refractivity contribution in [2.75, 3.05) is 5.32 Å². The molecule has 0 aliphatic heterocycles. The largest absolute Gasteiger partial charge is 0.340 e. The van der Waals surface area contributed by atoms with Gasteiger partial charge in [-0.2, -0.15) is 0 Å². The maximum absolute atomic E-state index is 6.04. The molecule has 0 fully saturated rings. The molecule has 0 saturated carbocycles. The molecule has 2 aromatic carbocycles. The number of halogens is 1. The normalized spacial score (nSPS) is 10.8. The number of fused-ring (bicyclic) bond motifs is 1. The monoisotopic (exact) mass is 337 g/mol. The van der Waals surface area contributed by atoms with Gasteiger partial charge >= 0.3 is 0 Å². The Morgan fingerprint density at radius 1 is 0.913 bits per heavy atom.